The second-order valence-corrected chi connectivity index (χ2v) is 7.26. The Labute approximate surface area is 146 Å². The maximum absolute atomic E-state index is 12.9. The summed E-state index contributed by atoms with van der Waals surface area (Å²) in [5.41, 5.74) is 1.10. The van der Waals surface area contributed by atoms with Gasteiger partial charge in [0.1, 0.15) is 0 Å². The van der Waals surface area contributed by atoms with Gasteiger partial charge in [-0.3, -0.25) is 4.79 Å². The minimum absolute atomic E-state index is 0.188. The van der Waals surface area contributed by atoms with E-state index in [4.69, 9.17) is 4.74 Å². The predicted octanol–water partition coefficient (Wildman–Crippen LogP) is 2.77. The first-order valence-corrected chi connectivity index (χ1v) is 9.39. The van der Waals surface area contributed by atoms with Gasteiger partial charge < -0.3 is 4.74 Å². The molecule has 0 aliphatic heterocycles. The Morgan fingerprint density at radius 1 is 1.16 bits per heavy atom. The second kappa shape index (κ2) is 7.06. The molecule has 0 spiro atoms. The lowest BCUT2D eigenvalue weighted by Gasteiger charge is -2.06. The quantitative estimate of drug-likeness (QED) is 0.633. The fourth-order valence-corrected chi connectivity index (χ4v) is 4.02. The van der Waals surface area contributed by atoms with Gasteiger partial charge in [0.15, 0.2) is 5.65 Å². The van der Waals surface area contributed by atoms with E-state index < -0.39 is 10.0 Å². The van der Waals surface area contributed by atoms with Crippen molar-refractivity contribution in [1.29, 1.82) is 0 Å². The maximum atomic E-state index is 12.9. The lowest BCUT2D eigenvalue weighted by Crippen LogP contribution is -2.12. The largest absolute Gasteiger partial charge is 0.466 e. The van der Waals surface area contributed by atoms with E-state index in [1.165, 1.54) is 3.97 Å². The van der Waals surface area contributed by atoms with E-state index in [2.05, 4.69) is 4.98 Å². The van der Waals surface area contributed by atoms with Crippen LogP contribution in [-0.4, -0.2) is 30.0 Å². The van der Waals surface area contributed by atoms with Crippen molar-refractivity contribution < 1.29 is 17.9 Å². The molecule has 0 fully saturated rings. The topological polar surface area (TPSA) is 78.3 Å². The van der Waals surface area contributed by atoms with Crippen molar-refractivity contribution >= 4 is 27.0 Å². The molecule has 0 aliphatic carbocycles. The predicted molar refractivity (Wildman–Crippen MR) is 93.7 cm³/mol. The zero-order valence-electron chi connectivity index (χ0n) is 13.8. The number of benzene rings is 1. The lowest BCUT2D eigenvalue weighted by molar-refractivity contribution is -0.143. The van der Waals surface area contributed by atoms with Crippen LogP contribution < -0.4 is 0 Å². The monoisotopic (exact) mass is 358 g/mol. The third-order valence-electron chi connectivity index (χ3n) is 3.82. The summed E-state index contributed by atoms with van der Waals surface area (Å²) in [5.74, 6) is -0.307. The van der Waals surface area contributed by atoms with Crippen molar-refractivity contribution in [1.82, 2.24) is 8.96 Å². The smallest absolute Gasteiger partial charge is 0.306 e. The van der Waals surface area contributed by atoms with Crippen molar-refractivity contribution in [2.45, 2.75) is 24.7 Å². The Bertz CT molecular complexity index is 994. The molecule has 0 bridgehead atoms. The van der Waals surface area contributed by atoms with Crippen LogP contribution in [0.25, 0.3) is 11.0 Å². The molecule has 3 aromatic rings. The van der Waals surface area contributed by atoms with Crippen molar-refractivity contribution in [2.24, 2.45) is 0 Å². The minimum Gasteiger partial charge on any atom is -0.466 e. The van der Waals surface area contributed by atoms with Crippen LogP contribution in [0.3, 0.4) is 0 Å². The molecule has 0 atom stereocenters. The number of fused-ring (bicyclic) bond motifs is 1. The molecule has 130 valence electrons. The third-order valence-corrected chi connectivity index (χ3v) is 5.48. The van der Waals surface area contributed by atoms with Gasteiger partial charge in [0, 0.05) is 24.2 Å². The lowest BCUT2D eigenvalue weighted by atomic mass is 10.1. The second-order valence-electron chi connectivity index (χ2n) is 5.45. The van der Waals surface area contributed by atoms with Crippen molar-refractivity contribution in [3.8, 4) is 0 Å². The number of aryl methyl sites for hydroxylation is 1. The van der Waals surface area contributed by atoms with E-state index in [1.807, 2.05) is 0 Å². The van der Waals surface area contributed by atoms with E-state index >= 15 is 0 Å². The number of esters is 1. The first-order valence-electron chi connectivity index (χ1n) is 7.95. The van der Waals surface area contributed by atoms with Gasteiger partial charge in [-0.15, -0.1) is 0 Å². The average molecular weight is 358 g/mol. The molecule has 25 heavy (non-hydrogen) atoms. The van der Waals surface area contributed by atoms with Crippen LogP contribution in [0, 0.1) is 0 Å². The Morgan fingerprint density at radius 2 is 1.92 bits per heavy atom. The van der Waals surface area contributed by atoms with E-state index in [-0.39, 0.29) is 17.3 Å². The molecule has 2 heterocycles. The van der Waals surface area contributed by atoms with Gasteiger partial charge in [-0.05, 0) is 43.2 Å². The highest BCUT2D eigenvalue weighted by Crippen LogP contribution is 2.25. The zero-order valence-corrected chi connectivity index (χ0v) is 14.6. The molecule has 0 amide bonds. The summed E-state index contributed by atoms with van der Waals surface area (Å²) < 4.78 is 32.0. The van der Waals surface area contributed by atoms with Gasteiger partial charge in [-0.25, -0.2) is 17.4 Å². The van der Waals surface area contributed by atoms with Gasteiger partial charge in [0.2, 0.25) is 0 Å². The van der Waals surface area contributed by atoms with Gasteiger partial charge in [-0.1, -0.05) is 18.2 Å². The number of pyridine rings is 1. The fourth-order valence-electron chi connectivity index (χ4n) is 2.65. The molecule has 7 heteroatoms. The average Bonchev–Trinajstić information content (AvgIpc) is 3.01. The molecular weight excluding hydrogens is 340 g/mol. The van der Waals surface area contributed by atoms with Crippen molar-refractivity contribution in [2.75, 3.05) is 6.61 Å². The first-order chi connectivity index (χ1) is 12.0. The normalized spacial score (nSPS) is 11.6. The maximum Gasteiger partial charge on any atom is 0.306 e. The summed E-state index contributed by atoms with van der Waals surface area (Å²) in [5, 5.41) is 0.714. The van der Waals surface area contributed by atoms with E-state index in [1.54, 1.807) is 61.8 Å². The standard InChI is InChI=1S/C18H18N2O4S/c1-2-24-17(21)11-10-14-13-20(18-16(14)9-6-12-19-18)25(22,23)15-7-4-3-5-8-15/h3-9,12-13H,2,10-11H2,1H3. The number of hydrogen-bond donors (Lipinski definition) is 0. The number of ether oxygens (including phenoxy) is 1. The molecule has 0 unspecified atom stereocenters. The third kappa shape index (κ3) is 3.41. The number of rotatable bonds is 6. The van der Waals surface area contributed by atoms with Crippen LogP contribution in [0.15, 0.2) is 59.8 Å². The minimum atomic E-state index is -3.76. The number of carbonyl (C=O) groups excluding carboxylic acids is 1. The van der Waals surface area contributed by atoms with Gasteiger partial charge in [0.05, 0.1) is 11.5 Å². The first kappa shape index (κ1) is 17.2. The van der Waals surface area contributed by atoms with Gasteiger partial charge in [0.25, 0.3) is 10.0 Å². The van der Waals surface area contributed by atoms with Crippen LogP contribution >= 0.6 is 0 Å². The Balaban J connectivity index is 2.04. The number of nitrogens with zero attached hydrogens (tertiary/aromatic N) is 2. The molecule has 1 aromatic carbocycles. The Morgan fingerprint density at radius 3 is 2.64 bits per heavy atom. The van der Waals surface area contributed by atoms with E-state index in [9.17, 15) is 13.2 Å². The van der Waals surface area contributed by atoms with Crippen molar-refractivity contribution in [3.63, 3.8) is 0 Å². The highest BCUT2D eigenvalue weighted by molar-refractivity contribution is 7.90. The molecular formula is C18H18N2O4S. The summed E-state index contributed by atoms with van der Waals surface area (Å²) in [4.78, 5) is 16.0. The SMILES string of the molecule is CCOC(=O)CCc1cn(S(=O)(=O)c2ccccc2)c2ncccc12. The Kier molecular flexibility index (Phi) is 4.85. The van der Waals surface area contributed by atoms with Crippen LogP contribution in [0.2, 0.25) is 0 Å². The summed E-state index contributed by atoms with van der Waals surface area (Å²) in [6.07, 6.45) is 3.67. The van der Waals surface area contributed by atoms with Crippen LogP contribution in [0.5, 0.6) is 0 Å². The molecule has 0 radical (unpaired) electrons. The number of carbonyl (C=O) groups is 1. The molecule has 3 rings (SSSR count). The van der Waals surface area contributed by atoms with E-state index in [0.717, 1.165) is 5.56 Å². The fraction of sp³-hybridized carbons (Fsp3) is 0.222. The highest BCUT2D eigenvalue weighted by Gasteiger charge is 2.22. The number of hydrogen-bond acceptors (Lipinski definition) is 5. The molecule has 0 saturated heterocycles. The number of aromatic nitrogens is 2. The molecule has 2 aromatic heterocycles. The van der Waals surface area contributed by atoms with Crippen LogP contribution in [0.4, 0.5) is 0 Å². The molecule has 0 N–H and O–H groups in total. The van der Waals surface area contributed by atoms with Crippen LogP contribution in [0.1, 0.15) is 18.9 Å². The van der Waals surface area contributed by atoms with Crippen LogP contribution in [-0.2, 0) is 26.0 Å². The summed E-state index contributed by atoms with van der Waals surface area (Å²) in [6.45, 7) is 2.07. The molecule has 0 saturated carbocycles. The summed E-state index contributed by atoms with van der Waals surface area (Å²) >= 11 is 0. The summed E-state index contributed by atoms with van der Waals surface area (Å²) in [6, 6.07) is 11.7. The van der Waals surface area contributed by atoms with E-state index in [0.29, 0.717) is 24.1 Å². The van der Waals surface area contributed by atoms with Gasteiger partial charge in [-0.2, -0.15) is 0 Å². The molecule has 6 nitrogen and oxygen atoms in total. The Hall–Kier alpha value is -2.67. The zero-order chi connectivity index (χ0) is 17.9. The van der Waals surface area contributed by atoms with Crippen molar-refractivity contribution in [3.05, 3.63) is 60.4 Å². The summed E-state index contributed by atoms with van der Waals surface area (Å²) in [7, 11) is -3.76. The highest BCUT2D eigenvalue weighted by atomic mass is 32.2. The molecule has 0 aliphatic rings. The van der Waals surface area contributed by atoms with Gasteiger partial charge >= 0.3 is 5.97 Å².